The second-order valence-corrected chi connectivity index (χ2v) is 11.7. The first-order valence-electron chi connectivity index (χ1n) is 10.6. The van der Waals surface area contributed by atoms with Gasteiger partial charge in [-0.2, -0.15) is 5.10 Å². The number of nitrogens with zero attached hydrogens (tertiary/aromatic N) is 5. The van der Waals surface area contributed by atoms with Crippen LogP contribution in [0.25, 0.3) is 20.7 Å². The Morgan fingerprint density at radius 3 is 2.69 bits per heavy atom. The molecule has 0 saturated carbocycles. The maximum absolute atomic E-state index is 11.9. The third-order valence-electron chi connectivity index (χ3n) is 6.15. The van der Waals surface area contributed by atoms with E-state index in [-0.39, 0.29) is 17.5 Å². The van der Waals surface area contributed by atoms with E-state index in [1.807, 2.05) is 43.8 Å². The lowest BCUT2D eigenvalue weighted by molar-refractivity contribution is 0.485. The van der Waals surface area contributed by atoms with Crippen LogP contribution in [0.3, 0.4) is 0 Å². The van der Waals surface area contributed by atoms with Gasteiger partial charge in [0.25, 0.3) is 0 Å². The van der Waals surface area contributed by atoms with Crippen LogP contribution in [-0.4, -0.2) is 46.7 Å². The zero-order chi connectivity index (χ0) is 22.5. The fourth-order valence-electron chi connectivity index (χ4n) is 4.45. The molecule has 0 amide bonds. The van der Waals surface area contributed by atoms with Crippen molar-refractivity contribution in [3.8, 4) is 10.4 Å². The van der Waals surface area contributed by atoms with E-state index in [2.05, 4.69) is 33.1 Å². The summed E-state index contributed by atoms with van der Waals surface area (Å²) in [6, 6.07) is 12.4. The molecular weight excluding hydrogens is 442 g/mol. The van der Waals surface area contributed by atoms with E-state index < -0.39 is 9.84 Å². The van der Waals surface area contributed by atoms with E-state index in [9.17, 15) is 8.42 Å². The lowest BCUT2D eigenvalue weighted by atomic mass is 10.1. The Balaban J connectivity index is 1.46. The first kappa shape index (κ1) is 21.1. The maximum atomic E-state index is 11.9. The lowest BCUT2D eigenvalue weighted by Crippen LogP contribution is -2.19. The van der Waals surface area contributed by atoms with E-state index in [0.29, 0.717) is 13.0 Å². The molecule has 4 aromatic rings. The Labute approximate surface area is 191 Å². The third kappa shape index (κ3) is 3.80. The Bertz CT molecular complexity index is 1390. The molecule has 7 nitrogen and oxygen atoms in total. The number of aryl methyl sites for hydroxylation is 1. The van der Waals surface area contributed by atoms with Crippen molar-refractivity contribution in [1.82, 2.24) is 19.7 Å². The third-order valence-corrected chi connectivity index (χ3v) is 9.00. The molecule has 166 valence electrons. The molecule has 0 radical (unpaired) electrons. The van der Waals surface area contributed by atoms with E-state index >= 15 is 0 Å². The number of hydrogen-bond donors (Lipinski definition) is 0. The molecule has 5 rings (SSSR count). The smallest absolute Gasteiger partial charge is 0.152 e. The normalized spacial score (nSPS) is 17.8. The summed E-state index contributed by atoms with van der Waals surface area (Å²) in [4.78, 5) is 13.3. The van der Waals surface area contributed by atoms with Crippen LogP contribution >= 0.6 is 11.3 Å². The zero-order valence-corrected chi connectivity index (χ0v) is 19.9. The van der Waals surface area contributed by atoms with Gasteiger partial charge in [0.1, 0.15) is 17.0 Å². The molecule has 1 saturated heterocycles. The second kappa shape index (κ2) is 7.97. The average Bonchev–Trinajstić information content (AvgIpc) is 3.45. The van der Waals surface area contributed by atoms with Gasteiger partial charge in [-0.15, -0.1) is 11.3 Å². The van der Waals surface area contributed by atoms with Crippen molar-refractivity contribution < 1.29 is 8.42 Å². The maximum Gasteiger partial charge on any atom is 0.152 e. The van der Waals surface area contributed by atoms with Gasteiger partial charge in [-0.1, -0.05) is 30.3 Å². The number of fused-ring (bicyclic) bond motifs is 1. The SMILES string of the molecule is Cc1nn(C2CCS(=O)(=O)C2)c(C)c1CN(C)c1ncnc2sc(-c3ccccc3)cc12. The van der Waals surface area contributed by atoms with Gasteiger partial charge in [-0.25, -0.2) is 18.4 Å². The van der Waals surface area contributed by atoms with Gasteiger partial charge in [0, 0.05) is 29.7 Å². The summed E-state index contributed by atoms with van der Waals surface area (Å²) in [5, 5.41) is 5.74. The van der Waals surface area contributed by atoms with Crippen molar-refractivity contribution in [3.63, 3.8) is 0 Å². The highest BCUT2D eigenvalue weighted by atomic mass is 32.2. The van der Waals surface area contributed by atoms with E-state index in [1.54, 1.807) is 17.7 Å². The van der Waals surface area contributed by atoms with Crippen molar-refractivity contribution in [2.75, 3.05) is 23.5 Å². The van der Waals surface area contributed by atoms with Gasteiger partial charge in [0.05, 0.1) is 28.6 Å². The summed E-state index contributed by atoms with van der Waals surface area (Å²) in [6.45, 7) is 4.66. The van der Waals surface area contributed by atoms with Gasteiger partial charge in [0.15, 0.2) is 9.84 Å². The van der Waals surface area contributed by atoms with Crippen molar-refractivity contribution in [2.45, 2.75) is 32.9 Å². The monoisotopic (exact) mass is 467 g/mol. The summed E-state index contributed by atoms with van der Waals surface area (Å²) in [5.41, 5.74) is 4.24. The summed E-state index contributed by atoms with van der Waals surface area (Å²) in [6.07, 6.45) is 2.25. The Hall–Kier alpha value is -2.78. The summed E-state index contributed by atoms with van der Waals surface area (Å²) in [5.74, 6) is 1.29. The van der Waals surface area contributed by atoms with Gasteiger partial charge >= 0.3 is 0 Å². The molecular formula is C23H25N5O2S2. The van der Waals surface area contributed by atoms with Gasteiger partial charge in [0.2, 0.25) is 0 Å². The minimum atomic E-state index is -2.96. The van der Waals surface area contributed by atoms with Gasteiger partial charge in [-0.3, -0.25) is 4.68 Å². The Morgan fingerprint density at radius 1 is 1.19 bits per heavy atom. The molecule has 0 aliphatic carbocycles. The summed E-state index contributed by atoms with van der Waals surface area (Å²) in [7, 11) is -0.936. The molecule has 4 heterocycles. The highest BCUT2D eigenvalue weighted by Crippen LogP contribution is 2.36. The highest BCUT2D eigenvalue weighted by Gasteiger charge is 2.31. The summed E-state index contributed by atoms with van der Waals surface area (Å²) < 4.78 is 25.8. The fourth-order valence-corrected chi connectivity index (χ4v) is 7.14. The molecule has 0 spiro atoms. The Morgan fingerprint density at radius 2 is 1.97 bits per heavy atom. The number of sulfone groups is 1. The fraction of sp³-hybridized carbons (Fsp3) is 0.348. The van der Waals surface area contributed by atoms with Crippen LogP contribution in [0.4, 0.5) is 5.82 Å². The minimum Gasteiger partial charge on any atom is -0.355 e. The quantitative estimate of drug-likeness (QED) is 0.438. The molecule has 1 fully saturated rings. The first-order chi connectivity index (χ1) is 15.3. The molecule has 0 bridgehead atoms. The van der Waals surface area contributed by atoms with Crippen LogP contribution in [0.15, 0.2) is 42.7 Å². The first-order valence-corrected chi connectivity index (χ1v) is 13.2. The molecule has 1 aromatic carbocycles. The number of aromatic nitrogens is 4. The highest BCUT2D eigenvalue weighted by molar-refractivity contribution is 7.91. The Kier molecular flexibility index (Phi) is 5.25. The number of benzene rings is 1. The van der Waals surface area contributed by atoms with Crippen LogP contribution in [0.1, 0.15) is 29.4 Å². The number of thiophene rings is 1. The van der Waals surface area contributed by atoms with Crippen LogP contribution in [0.5, 0.6) is 0 Å². The molecule has 3 aromatic heterocycles. The van der Waals surface area contributed by atoms with Crippen LogP contribution in [-0.2, 0) is 16.4 Å². The molecule has 1 atom stereocenters. The van der Waals surface area contributed by atoms with Crippen molar-refractivity contribution in [1.29, 1.82) is 0 Å². The number of rotatable bonds is 5. The minimum absolute atomic E-state index is 0.0752. The molecule has 0 N–H and O–H groups in total. The molecule has 1 aliphatic heterocycles. The topological polar surface area (TPSA) is 81.0 Å². The number of hydrogen-bond acceptors (Lipinski definition) is 7. The zero-order valence-electron chi connectivity index (χ0n) is 18.3. The largest absolute Gasteiger partial charge is 0.355 e. The molecule has 9 heteroatoms. The standard InChI is InChI=1S/C23H25N5O2S2/c1-15-20(16(2)28(26-15)18-9-10-32(29,30)13-18)12-27(3)22-19-11-21(17-7-5-4-6-8-17)31-23(19)25-14-24-22/h4-8,11,14,18H,9-10,12-13H2,1-3H3. The average molecular weight is 468 g/mol. The second-order valence-electron chi connectivity index (χ2n) is 8.40. The molecule has 32 heavy (non-hydrogen) atoms. The van der Waals surface area contributed by atoms with E-state index in [0.717, 1.165) is 33.0 Å². The van der Waals surface area contributed by atoms with Crippen molar-refractivity contribution in [3.05, 3.63) is 59.7 Å². The van der Waals surface area contributed by atoms with Crippen molar-refractivity contribution >= 4 is 37.2 Å². The van der Waals surface area contributed by atoms with Crippen molar-refractivity contribution in [2.24, 2.45) is 0 Å². The van der Waals surface area contributed by atoms with Crippen LogP contribution in [0.2, 0.25) is 0 Å². The van der Waals surface area contributed by atoms with Crippen LogP contribution < -0.4 is 4.90 Å². The predicted molar refractivity (Wildman–Crippen MR) is 129 cm³/mol. The summed E-state index contributed by atoms with van der Waals surface area (Å²) >= 11 is 1.66. The number of anilines is 1. The predicted octanol–water partition coefficient (Wildman–Crippen LogP) is 4.17. The molecule has 1 aliphatic rings. The van der Waals surface area contributed by atoms with E-state index in [4.69, 9.17) is 5.10 Å². The van der Waals surface area contributed by atoms with Gasteiger partial charge in [-0.05, 0) is 31.9 Å². The van der Waals surface area contributed by atoms with Gasteiger partial charge < -0.3 is 4.90 Å². The van der Waals surface area contributed by atoms with Crippen LogP contribution in [0, 0.1) is 13.8 Å². The molecule has 1 unspecified atom stereocenters. The lowest BCUT2D eigenvalue weighted by Gasteiger charge is -2.19. The van der Waals surface area contributed by atoms with E-state index in [1.165, 1.54) is 10.4 Å².